The lowest BCUT2D eigenvalue weighted by Crippen LogP contribution is -2.56. The van der Waals surface area contributed by atoms with E-state index in [9.17, 15) is 29.4 Å². The molecule has 3 fully saturated rings. The predicted octanol–water partition coefficient (Wildman–Crippen LogP) is 3.74. The summed E-state index contributed by atoms with van der Waals surface area (Å²) in [6.45, 7) is 7.14. The number of aromatic carboxylic acids is 1. The standard InChI is InChI=1S/C24H29N5O6.C20H23N5O6/c1-24(2)34-14-17(35-24)13-33-16-6-9-20(25-11-16)27-23(31)29-15-5-4-10-28(12-15)19-8-7-18(22(30)32-3)26-21(19)29;26-10-13(27)11-31-14-3-6-17(21-8-14)23-20(30)25-12-2-1-7-24(9-12)16-5-4-15(19(28)29)22-18(16)25/h6-9,11,15,17H,4-5,10,12-14H2,1-3H3,(H,25,27,31);3-6,8,12-13,26-27H,1-2,7,9-11H2,(H,28,29)(H,21,23,30)/t15-,17+;12-,13-/m00/s1. The number of carboxylic acids is 1. The molecular weight excluding hydrogens is 861 g/mol. The van der Waals surface area contributed by atoms with Crippen molar-refractivity contribution in [1.29, 1.82) is 0 Å². The molecule has 22 heteroatoms. The summed E-state index contributed by atoms with van der Waals surface area (Å²) in [6.07, 6.45) is 5.32. The van der Waals surface area contributed by atoms with Gasteiger partial charge in [0.1, 0.15) is 48.6 Å². The molecule has 4 atom stereocenters. The number of aliphatic hydroxyl groups excluding tert-OH is 2. The normalized spacial score (nSPS) is 20.4. The van der Waals surface area contributed by atoms with E-state index in [0.717, 1.165) is 50.1 Å². The van der Waals surface area contributed by atoms with Crippen LogP contribution in [0.2, 0.25) is 0 Å². The molecule has 5 aliphatic heterocycles. The van der Waals surface area contributed by atoms with Crippen LogP contribution in [0.25, 0.3) is 0 Å². The second-order valence-electron chi connectivity index (χ2n) is 16.6. The topological polar surface area (TPSA) is 264 Å². The Labute approximate surface area is 379 Å². The summed E-state index contributed by atoms with van der Waals surface area (Å²) in [6, 6.07) is 12.2. The molecule has 5 aliphatic rings. The van der Waals surface area contributed by atoms with Gasteiger partial charge in [-0.25, -0.2) is 39.1 Å². The third kappa shape index (κ3) is 10.3. The number of ether oxygens (including phenoxy) is 5. The number of pyridine rings is 4. The number of esters is 1. The van der Waals surface area contributed by atoms with Crippen LogP contribution in [0.1, 0.15) is 60.5 Å². The van der Waals surface area contributed by atoms with E-state index < -0.39 is 36.5 Å². The number of carbonyl (C=O) groups is 4. The monoisotopic (exact) mass is 912 g/mol. The zero-order valence-corrected chi connectivity index (χ0v) is 36.7. The largest absolute Gasteiger partial charge is 0.489 e. The third-order valence-electron chi connectivity index (χ3n) is 11.5. The molecule has 0 unspecified atom stereocenters. The molecule has 66 heavy (non-hydrogen) atoms. The molecular formula is C44H52N10O12. The zero-order chi connectivity index (χ0) is 46.5. The van der Waals surface area contributed by atoms with Gasteiger partial charge in [0.2, 0.25) is 0 Å². The molecule has 22 nitrogen and oxygen atoms in total. The molecule has 0 aromatic carbocycles. The number of urea groups is 2. The number of fused-ring (bicyclic) bond motifs is 8. The van der Waals surface area contributed by atoms with Gasteiger partial charge in [-0.05, 0) is 88.1 Å². The van der Waals surface area contributed by atoms with Gasteiger partial charge in [0, 0.05) is 26.2 Å². The summed E-state index contributed by atoms with van der Waals surface area (Å²) in [5.74, 6) is 0.0783. The van der Waals surface area contributed by atoms with Crippen molar-refractivity contribution in [2.45, 2.75) is 69.6 Å². The maximum atomic E-state index is 13.4. The Balaban J connectivity index is 0.000000181. The van der Waals surface area contributed by atoms with Crippen molar-refractivity contribution in [2.24, 2.45) is 0 Å². The Kier molecular flexibility index (Phi) is 13.6. The number of anilines is 6. The van der Waals surface area contributed by atoms with Crippen LogP contribution in [0, 0.1) is 0 Å². The number of hydrogen-bond donors (Lipinski definition) is 5. The molecule has 5 N–H and O–H groups in total. The van der Waals surface area contributed by atoms with Crippen molar-refractivity contribution < 1.29 is 58.2 Å². The van der Waals surface area contributed by atoms with Gasteiger partial charge >= 0.3 is 24.0 Å². The Morgan fingerprint density at radius 3 is 1.83 bits per heavy atom. The Hall–Kier alpha value is -6.88. The van der Waals surface area contributed by atoms with E-state index in [1.165, 1.54) is 24.3 Å². The lowest BCUT2D eigenvalue weighted by molar-refractivity contribution is -0.141. The van der Waals surface area contributed by atoms with Crippen LogP contribution in [0.5, 0.6) is 11.5 Å². The molecule has 9 heterocycles. The van der Waals surface area contributed by atoms with Crippen LogP contribution in [-0.2, 0) is 14.2 Å². The molecule has 3 saturated heterocycles. The van der Waals surface area contributed by atoms with Crippen molar-refractivity contribution >= 4 is 58.6 Å². The fourth-order valence-electron chi connectivity index (χ4n) is 8.40. The van der Waals surface area contributed by atoms with Gasteiger partial charge in [0.15, 0.2) is 28.8 Å². The molecule has 0 radical (unpaired) electrons. The lowest BCUT2D eigenvalue weighted by Gasteiger charge is -2.45. The molecule has 350 valence electrons. The number of carbonyl (C=O) groups excluding carboxylic acids is 3. The van der Waals surface area contributed by atoms with Gasteiger partial charge in [-0.1, -0.05) is 0 Å². The number of nitrogens with zero attached hydrogens (tertiary/aromatic N) is 8. The lowest BCUT2D eigenvalue weighted by atomic mass is 10.00. The van der Waals surface area contributed by atoms with Crippen molar-refractivity contribution in [3.05, 3.63) is 72.3 Å². The summed E-state index contributed by atoms with van der Waals surface area (Å²) < 4.78 is 27.2. The molecule has 4 amide bonds. The summed E-state index contributed by atoms with van der Waals surface area (Å²) in [4.78, 5) is 74.6. The van der Waals surface area contributed by atoms with E-state index in [4.69, 9.17) is 28.8 Å². The van der Waals surface area contributed by atoms with Gasteiger partial charge < -0.3 is 48.8 Å². The van der Waals surface area contributed by atoms with Crippen molar-refractivity contribution in [3.8, 4) is 11.5 Å². The third-order valence-corrected chi connectivity index (χ3v) is 11.5. The summed E-state index contributed by atoms with van der Waals surface area (Å²) in [7, 11) is 1.31. The number of rotatable bonds is 11. The highest BCUT2D eigenvalue weighted by molar-refractivity contribution is 6.05. The van der Waals surface area contributed by atoms with Crippen molar-refractivity contribution in [3.63, 3.8) is 0 Å². The van der Waals surface area contributed by atoms with Crippen molar-refractivity contribution in [2.75, 3.05) is 89.9 Å². The molecule has 0 spiro atoms. The van der Waals surface area contributed by atoms with E-state index in [-0.39, 0.29) is 48.0 Å². The average molecular weight is 913 g/mol. The molecule has 4 bridgehead atoms. The quantitative estimate of drug-likeness (QED) is 0.134. The second-order valence-corrected chi connectivity index (χ2v) is 16.6. The maximum absolute atomic E-state index is 13.4. The van der Waals surface area contributed by atoms with Gasteiger partial charge in [-0.2, -0.15) is 0 Å². The van der Waals surface area contributed by atoms with Crippen LogP contribution in [0.15, 0.2) is 60.9 Å². The number of nitrogens with one attached hydrogen (secondary N) is 2. The van der Waals surface area contributed by atoms with Gasteiger partial charge in [0.25, 0.3) is 0 Å². The number of hydrogen-bond acceptors (Lipinski definition) is 17. The smallest absolute Gasteiger partial charge is 0.356 e. The summed E-state index contributed by atoms with van der Waals surface area (Å²) in [5, 5.41) is 33.1. The number of methoxy groups -OCH3 is 1. The average Bonchev–Trinajstić information content (AvgIpc) is 3.68. The van der Waals surface area contributed by atoms with Crippen LogP contribution in [0.3, 0.4) is 0 Å². The highest BCUT2D eigenvalue weighted by atomic mass is 16.7. The summed E-state index contributed by atoms with van der Waals surface area (Å²) in [5.41, 5.74) is 1.59. The van der Waals surface area contributed by atoms with Gasteiger partial charge in [-0.3, -0.25) is 20.4 Å². The predicted molar refractivity (Wildman–Crippen MR) is 238 cm³/mol. The van der Waals surface area contributed by atoms with Gasteiger partial charge in [-0.15, -0.1) is 0 Å². The number of aromatic nitrogens is 4. The fraction of sp³-hybridized carbons (Fsp3) is 0.455. The number of aliphatic hydroxyl groups is 2. The minimum atomic E-state index is -1.16. The first-order valence-electron chi connectivity index (χ1n) is 21.6. The van der Waals surface area contributed by atoms with E-state index in [2.05, 4.69) is 40.4 Å². The van der Waals surface area contributed by atoms with Gasteiger partial charge in [0.05, 0.1) is 56.2 Å². The van der Waals surface area contributed by atoms with E-state index in [1.807, 2.05) is 19.9 Å². The Morgan fingerprint density at radius 2 is 1.35 bits per heavy atom. The van der Waals surface area contributed by atoms with Crippen LogP contribution >= 0.6 is 0 Å². The van der Waals surface area contributed by atoms with E-state index >= 15 is 0 Å². The Morgan fingerprint density at radius 1 is 0.803 bits per heavy atom. The zero-order valence-electron chi connectivity index (χ0n) is 36.7. The fourth-order valence-corrected chi connectivity index (χ4v) is 8.40. The second kappa shape index (κ2) is 19.7. The summed E-state index contributed by atoms with van der Waals surface area (Å²) >= 11 is 0. The number of carboxylic acid groups (broad SMARTS) is 1. The molecule has 4 aromatic rings. The first-order valence-corrected chi connectivity index (χ1v) is 21.6. The molecule has 0 aliphatic carbocycles. The van der Waals surface area contributed by atoms with Crippen molar-refractivity contribution in [1.82, 2.24) is 19.9 Å². The van der Waals surface area contributed by atoms with Crippen LogP contribution in [0.4, 0.5) is 44.2 Å². The SMILES string of the molecule is COC(=O)c1ccc2c(n1)N(C(=O)Nc1ccc(OC[C@@H]3COC(C)(C)O3)cn1)[C@H]1CCCN2C1.O=C(O)c1ccc2c(n1)N(C(=O)Nc1ccc(OC[C@@H](O)CO)cn1)[C@H]1CCCN2C1. The number of piperidine rings is 2. The Bertz CT molecular complexity index is 2410. The van der Waals surface area contributed by atoms with E-state index in [0.29, 0.717) is 55.3 Å². The van der Waals surface area contributed by atoms with Crippen LogP contribution < -0.4 is 39.7 Å². The minimum Gasteiger partial charge on any atom is -0.489 e. The maximum Gasteiger partial charge on any atom is 0.356 e. The highest BCUT2D eigenvalue weighted by Crippen LogP contribution is 2.40. The molecule has 9 rings (SSSR count). The van der Waals surface area contributed by atoms with E-state index in [1.54, 1.807) is 47.5 Å². The highest BCUT2D eigenvalue weighted by Gasteiger charge is 2.40. The molecule has 0 saturated carbocycles. The molecule has 4 aromatic heterocycles. The minimum absolute atomic E-state index is 0.0582. The number of amides is 4. The van der Waals surface area contributed by atoms with Crippen LogP contribution in [-0.4, -0.2) is 149 Å². The first-order chi connectivity index (χ1) is 31.8. The first kappa shape index (κ1) is 45.7.